The molecule has 1 aliphatic heterocycles. The topological polar surface area (TPSA) is 37.4 Å². The van der Waals surface area contributed by atoms with E-state index >= 15 is 0 Å². The Bertz CT molecular complexity index is 614. The van der Waals surface area contributed by atoms with Gasteiger partial charge < -0.3 is 4.90 Å². The van der Waals surface area contributed by atoms with Crippen LogP contribution >= 0.6 is 0 Å². The van der Waals surface area contributed by atoms with Gasteiger partial charge in [-0.2, -0.15) is 0 Å². The van der Waals surface area contributed by atoms with Gasteiger partial charge in [0, 0.05) is 0 Å². The van der Waals surface area contributed by atoms with E-state index in [4.69, 9.17) is 0 Å². The minimum absolute atomic E-state index is 0.453. The van der Waals surface area contributed by atoms with Gasteiger partial charge in [0.25, 0.3) is 0 Å². The number of hydrogen-bond acceptors (Lipinski definition) is 3. The van der Waals surface area contributed by atoms with Crippen LogP contribution in [0, 0.1) is 12.8 Å². The summed E-state index contributed by atoms with van der Waals surface area (Å²) in [6.45, 7) is 11.3. The lowest BCUT2D eigenvalue weighted by Gasteiger charge is -2.31. The first kappa shape index (κ1) is 18.5. The molecule has 0 N–H and O–H groups in total. The van der Waals surface area contributed by atoms with E-state index in [9.17, 15) is 8.42 Å². The van der Waals surface area contributed by atoms with Crippen LogP contribution in [0.3, 0.4) is 0 Å². The second-order valence-corrected chi connectivity index (χ2v) is 10.3. The van der Waals surface area contributed by atoms with E-state index in [0.717, 1.165) is 37.5 Å². The zero-order valence-corrected chi connectivity index (χ0v) is 15.8. The average molecular weight is 338 g/mol. The van der Waals surface area contributed by atoms with E-state index in [0.29, 0.717) is 11.3 Å². The quantitative estimate of drug-likeness (QED) is 0.785. The van der Waals surface area contributed by atoms with E-state index < -0.39 is 14.6 Å². The molecule has 0 saturated carbocycles. The Hall–Kier alpha value is -0.870. The maximum Gasteiger partial charge on any atom is 0.183 e. The predicted molar refractivity (Wildman–Crippen MR) is 96.5 cm³/mol. The molecule has 1 aromatic carbocycles. The van der Waals surface area contributed by atoms with Crippen molar-refractivity contribution in [1.82, 2.24) is 4.90 Å². The molecule has 23 heavy (non-hydrogen) atoms. The Balaban J connectivity index is 1.95. The van der Waals surface area contributed by atoms with Crippen LogP contribution in [0.5, 0.6) is 0 Å². The number of likely N-dealkylation sites (tertiary alicyclic amines) is 1. The fraction of sp³-hybridized carbons (Fsp3) is 0.684. The minimum Gasteiger partial charge on any atom is -0.303 e. The van der Waals surface area contributed by atoms with Crippen LogP contribution in [0.4, 0.5) is 0 Å². The number of nitrogens with zero attached hydrogens (tertiary/aromatic N) is 1. The summed E-state index contributed by atoms with van der Waals surface area (Å²) in [4.78, 5) is 2.93. The van der Waals surface area contributed by atoms with Crippen molar-refractivity contribution in [3.8, 4) is 0 Å². The van der Waals surface area contributed by atoms with E-state index in [2.05, 4.69) is 11.8 Å². The van der Waals surface area contributed by atoms with Gasteiger partial charge in [-0.1, -0.05) is 19.1 Å². The van der Waals surface area contributed by atoms with Gasteiger partial charge in [0.2, 0.25) is 0 Å². The Morgan fingerprint density at radius 1 is 1.22 bits per heavy atom. The third-order valence-corrected chi connectivity index (χ3v) is 7.69. The van der Waals surface area contributed by atoms with Gasteiger partial charge in [-0.25, -0.2) is 8.42 Å². The Morgan fingerprint density at radius 3 is 2.48 bits per heavy atom. The van der Waals surface area contributed by atoms with Crippen LogP contribution in [0.15, 0.2) is 29.2 Å². The summed E-state index contributed by atoms with van der Waals surface area (Å²) >= 11 is 0. The molecule has 1 aromatic rings. The summed E-state index contributed by atoms with van der Waals surface area (Å²) in [5.41, 5.74) is 0.990. The smallest absolute Gasteiger partial charge is 0.183 e. The number of benzene rings is 1. The van der Waals surface area contributed by atoms with Crippen molar-refractivity contribution in [3.05, 3.63) is 29.8 Å². The summed E-state index contributed by atoms with van der Waals surface area (Å²) in [6.07, 6.45) is 4.18. The lowest BCUT2D eigenvalue weighted by molar-refractivity contribution is 0.188. The van der Waals surface area contributed by atoms with Crippen molar-refractivity contribution in [2.75, 3.05) is 19.6 Å². The van der Waals surface area contributed by atoms with Crippen LogP contribution < -0.4 is 0 Å². The van der Waals surface area contributed by atoms with Crippen molar-refractivity contribution >= 4 is 9.84 Å². The highest BCUT2D eigenvalue weighted by molar-refractivity contribution is 7.92. The number of hydrogen-bond donors (Lipinski definition) is 0. The largest absolute Gasteiger partial charge is 0.303 e. The third kappa shape index (κ3) is 4.57. The van der Waals surface area contributed by atoms with E-state index in [1.54, 1.807) is 12.1 Å². The first-order chi connectivity index (χ1) is 10.7. The molecule has 0 aliphatic carbocycles. The molecule has 0 aromatic heterocycles. The van der Waals surface area contributed by atoms with Crippen LogP contribution in [0.2, 0.25) is 0 Å². The molecule has 130 valence electrons. The normalized spacial score (nSPS) is 18.3. The Morgan fingerprint density at radius 2 is 1.87 bits per heavy atom. The van der Waals surface area contributed by atoms with Crippen LogP contribution in [0.25, 0.3) is 0 Å². The minimum atomic E-state index is -3.29. The zero-order chi connectivity index (χ0) is 17.1. The van der Waals surface area contributed by atoms with E-state index in [-0.39, 0.29) is 0 Å². The SMILES string of the molecule is Cc1cccc(S(=O)(=O)C(C)(C)CCCN2CCC(C)CC2)c1. The van der Waals surface area contributed by atoms with Gasteiger partial charge in [0.15, 0.2) is 9.84 Å². The highest BCUT2D eigenvalue weighted by atomic mass is 32.2. The van der Waals surface area contributed by atoms with Crippen molar-refractivity contribution in [1.29, 1.82) is 0 Å². The summed E-state index contributed by atoms with van der Waals surface area (Å²) in [6, 6.07) is 7.26. The van der Waals surface area contributed by atoms with E-state index in [1.165, 1.54) is 12.8 Å². The molecule has 3 nitrogen and oxygen atoms in total. The Kier molecular flexibility index (Phi) is 5.90. The first-order valence-corrected chi connectivity index (χ1v) is 10.2. The van der Waals surface area contributed by atoms with E-state index in [1.807, 2.05) is 32.9 Å². The summed E-state index contributed by atoms with van der Waals surface area (Å²) in [5.74, 6) is 0.837. The second kappa shape index (κ2) is 7.35. The molecule has 4 heteroatoms. The molecule has 1 aliphatic rings. The van der Waals surface area contributed by atoms with Gasteiger partial charge in [-0.15, -0.1) is 0 Å². The molecule has 0 bridgehead atoms. The van der Waals surface area contributed by atoms with Crippen molar-refractivity contribution in [3.63, 3.8) is 0 Å². The molecule has 2 rings (SSSR count). The fourth-order valence-electron chi connectivity index (χ4n) is 3.25. The molecular weight excluding hydrogens is 306 g/mol. The van der Waals surface area contributed by atoms with Crippen molar-refractivity contribution < 1.29 is 8.42 Å². The van der Waals surface area contributed by atoms with Gasteiger partial charge in [-0.3, -0.25) is 0 Å². The van der Waals surface area contributed by atoms with Crippen LogP contribution in [-0.4, -0.2) is 37.7 Å². The second-order valence-electron chi connectivity index (χ2n) is 7.71. The standard InChI is InChI=1S/C19H31NO2S/c1-16-9-13-20(14-10-16)12-6-11-19(3,4)23(21,22)18-8-5-7-17(2)15-18/h5,7-8,15-16H,6,9-14H2,1-4H3. The number of aryl methyl sites for hydroxylation is 1. The molecular formula is C19H31NO2S. The summed E-state index contributed by atoms with van der Waals surface area (Å²) < 4.78 is 25.1. The monoisotopic (exact) mass is 337 g/mol. The van der Waals surface area contributed by atoms with Gasteiger partial charge in [0.05, 0.1) is 9.64 Å². The number of rotatable bonds is 6. The Labute approximate surface area is 142 Å². The van der Waals surface area contributed by atoms with Crippen molar-refractivity contribution in [2.24, 2.45) is 5.92 Å². The molecule has 0 spiro atoms. The fourth-order valence-corrected chi connectivity index (χ4v) is 4.90. The molecule has 0 atom stereocenters. The maximum absolute atomic E-state index is 12.9. The number of sulfone groups is 1. The molecule has 0 amide bonds. The van der Waals surface area contributed by atoms with Crippen LogP contribution in [-0.2, 0) is 9.84 Å². The molecule has 1 fully saturated rings. The van der Waals surface area contributed by atoms with Gasteiger partial charge in [0.1, 0.15) is 0 Å². The first-order valence-electron chi connectivity index (χ1n) is 8.76. The van der Waals surface area contributed by atoms with Crippen LogP contribution in [0.1, 0.15) is 52.0 Å². The summed E-state index contributed by atoms with van der Waals surface area (Å²) in [7, 11) is -3.29. The highest BCUT2D eigenvalue weighted by Crippen LogP contribution is 2.30. The maximum atomic E-state index is 12.9. The molecule has 0 unspecified atom stereocenters. The third-order valence-electron chi connectivity index (χ3n) is 5.16. The highest BCUT2D eigenvalue weighted by Gasteiger charge is 2.35. The van der Waals surface area contributed by atoms with Crippen molar-refractivity contribution in [2.45, 2.75) is 63.0 Å². The molecule has 1 heterocycles. The lowest BCUT2D eigenvalue weighted by atomic mass is 9.98. The predicted octanol–water partition coefficient (Wildman–Crippen LogP) is 4.06. The van der Waals surface area contributed by atoms with Gasteiger partial charge in [-0.05, 0) is 89.7 Å². The molecule has 1 saturated heterocycles. The number of piperidine rings is 1. The zero-order valence-electron chi connectivity index (χ0n) is 15.0. The molecule has 0 radical (unpaired) electrons. The summed E-state index contributed by atoms with van der Waals surface area (Å²) in [5, 5.41) is 0. The van der Waals surface area contributed by atoms with Gasteiger partial charge >= 0.3 is 0 Å². The average Bonchev–Trinajstić information content (AvgIpc) is 2.49. The lowest BCUT2D eigenvalue weighted by Crippen LogP contribution is -2.36.